The second kappa shape index (κ2) is 6.73. The summed E-state index contributed by atoms with van der Waals surface area (Å²) in [4.78, 5) is 23.0. The second-order valence-corrected chi connectivity index (χ2v) is 10.1. The minimum absolute atomic E-state index is 0.238. The van der Waals surface area contributed by atoms with Gasteiger partial charge in [0.15, 0.2) is 5.16 Å². The lowest BCUT2D eigenvalue weighted by atomic mass is 9.65. The predicted molar refractivity (Wildman–Crippen MR) is 109 cm³/mol. The van der Waals surface area contributed by atoms with E-state index in [1.54, 1.807) is 0 Å². The van der Waals surface area contributed by atoms with Crippen LogP contribution in [0, 0.1) is 10.8 Å². The van der Waals surface area contributed by atoms with Crippen LogP contribution in [0.1, 0.15) is 47.0 Å². The number of aromatic amines is 1. The molecule has 2 aliphatic rings. The summed E-state index contributed by atoms with van der Waals surface area (Å²) in [6.07, 6.45) is 3.47. The molecule has 2 unspecified atom stereocenters. The zero-order chi connectivity index (χ0) is 19.2. The molecule has 1 saturated heterocycles. The number of imidazole rings is 1. The Balaban J connectivity index is 1.41. The smallest absolute Gasteiger partial charge is 0.233 e. The van der Waals surface area contributed by atoms with E-state index in [0.29, 0.717) is 23.8 Å². The van der Waals surface area contributed by atoms with E-state index in [-0.39, 0.29) is 11.3 Å². The van der Waals surface area contributed by atoms with Crippen LogP contribution in [0.2, 0.25) is 0 Å². The van der Waals surface area contributed by atoms with E-state index in [1.807, 2.05) is 25.1 Å². The van der Waals surface area contributed by atoms with Gasteiger partial charge in [0.1, 0.15) is 5.75 Å². The standard InChI is InChI=1S/C21H29N3O2S/c1-5-26-15-6-7-16-17(8-15)23-19(22-16)27-11-18(25)24-13-21(4)10-14(24)9-20(2,3)12-21/h6-8,14H,5,9-13H2,1-4H3,(H,22,23). The molecule has 2 heterocycles. The highest BCUT2D eigenvalue weighted by Gasteiger charge is 2.50. The molecule has 146 valence electrons. The molecule has 0 spiro atoms. The number of nitrogens with one attached hydrogen (secondary N) is 1. The number of benzene rings is 1. The zero-order valence-corrected chi connectivity index (χ0v) is 17.5. The second-order valence-electron chi connectivity index (χ2n) is 9.18. The van der Waals surface area contributed by atoms with Crippen LogP contribution in [-0.4, -0.2) is 45.7 Å². The van der Waals surface area contributed by atoms with Crippen LogP contribution in [0.3, 0.4) is 0 Å². The summed E-state index contributed by atoms with van der Waals surface area (Å²) < 4.78 is 5.54. The Kier molecular flexibility index (Phi) is 4.65. The van der Waals surface area contributed by atoms with Crippen molar-refractivity contribution in [2.75, 3.05) is 18.9 Å². The topological polar surface area (TPSA) is 58.2 Å². The van der Waals surface area contributed by atoms with Crippen LogP contribution in [0.5, 0.6) is 5.75 Å². The van der Waals surface area contributed by atoms with Crippen molar-refractivity contribution in [3.8, 4) is 5.75 Å². The minimum atomic E-state index is 0.238. The lowest BCUT2D eigenvalue weighted by Gasteiger charge is -2.39. The van der Waals surface area contributed by atoms with Crippen molar-refractivity contribution >= 4 is 28.7 Å². The number of aromatic nitrogens is 2. The van der Waals surface area contributed by atoms with Crippen molar-refractivity contribution in [2.45, 2.75) is 58.2 Å². The van der Waals surface area contributed by atoms with E-state index in [0.717, 1.165) is 41.3 Å². The number of hydrogen-bond acceptors (Lipinski definition) is 4. The molecule has 2 bridgehead atoms. The number of thioether (sulfide) groups is 1. The highest BCUT2D eigenvalue weighted by molar-refractivity contribution is 7.99. The Labute approximate surface area is 165 Å². The maximum atomic E-state index is 12.9. The molecule has 1 aliphatic heterocycles. The summed E-state index contributed by atoms with van der Waals surface area (Å²) >= 11 is 1.49. The molecule has 1 saturated carbocycles. The van der Waals surface area contributed by atoms with Gasteiger partial charge >= 0.3 is 0 Å². The fourth-order valence-corrected chi connectivity index (χ4v) is 6.03. The molecule has 5 nitrogen and oxygen atoms in total. The molecule has 2 fully saturated rings. The van der Waals surface area contributed by atoms with Gasteiger partial charge in [-0.1, -0.05) is 32.5 Å². The average Bonchev–Trinajstić information content (AvgIpc) is 3.09. The summed E-state index contributed by atoms with van der Waals surface area (Å²) in [6.45, 7) is 10.5. The van der Waals surface area contributed by atoms with Gasteiger partial charge in [0.2, 0.25) is 5.91 Å². The highest BCUT2D eigenvalue weighted by Crippen LogP contribution is 2.52. The predicted octanol–water partition coefficient (Wildman–Crippen LogP) is 4.48. The summed E-state index contributed by atoms with van der Waals surface area (Å²) in [5.41, 5.74) is 2.46. The zero-order valence-electron chi connectivity index (χ0n) is 16.7. The Morgan fingerprint density at radius 3 is 2.96 bits per heavy atom. The highest BCUT2D eigenvalue weighted by atomic mass is 32.2. The number of nitrogens with zero attached hydrogens (tertiary/aromatic N) is 2. The monoisotopic (exact) mass is 387 g/mol. The van der Waals surface area contributed by atoms with Crippen LogP contribution in [0.25, 0.3) is 11.0 Å². The van der Waals surface area contributed by atoms with Crippen molar-refractivity contribution in [3.63, 3.8) is 0 Å². The molecule has 1 aromatic carbocycles. The maximum absolute atomic E-state index is 12.9. The van der Waals surface area contributed by atoms with E-state index >= 15 is 0 Å². The van der Waals surface area contributed by atoms with Crippen LogP contribution >= 0.6 is 11.8 Å². The molecule has 0 radical (unpaired) electrons. The van der Waals surface area contributed by atoms with Gasteiger partial charge in [-0.3, -0.25) is 4.79 Å². The Hall–Kier alpha value is -1.69. The lowest BCUT2D eigenvalue weighted by molar-refractivity contribution is -0.129. The van der Waals surface area contributed by atoms with Crippen LogP contribution in [0.15, 0.2) is 23.4 Å². The first kappa shape index (κ1) is 18.7. The Morgan fingerprint density at radius 2 is 2.19 bits per heavy atom. The average molecular weight is 388 g/mol. The van der Waals surface area contributed by atoms with Gasteiger partial charge in [-0.25, -0.2) is 4.98 Å². The molecule has 1 N–H and O–H groups in total. The molecule has 27 heavy (non-hydrogen) atoms. The number of rotatable bonds is 5. The number of fused-ring (bicyclic) bond motifs is 3. The number of ether oxygens (including phenoxy) is 1. The van der Waals surface area contributed by atoms with Crippen LogP contribution < -0.4 is 4.74 Å². The molecular weight excluding hydrogens is 358 g/mol. The van der Waals surface area contributed by atoms with Crippen molar-refractivity contribution in [1.29, 1.82) is 0 Å². The fourth-order valence-electron chi connectivity index (χ4n) is 5.25. The van der Waals surface area contributed by atoms with Gasteiger partial charge in [0.05, 0.1) is 23.4 Å². The molecule has 1 amide bonds. The Morgan fingerprint density at radius 1 is 1.37 bits per heavy atom. The largest absolute Gasteiger partial charge is 0.494 e. The molecule has 1 aliphatic carbocycles. The third-order valence-electron chi connectivity index (χ3n) is 5.81. The Bertz CT molecular complexity index is 862. The third-order valence-corrected chi connectivity index (χ3v) is 6.67. The lowest BCUT2D eigenvalue weighted by Crippen LogP contribution is -2.38. The molecule has 4 rings (SSSR count). The molecule has 2 atom stereocenters. The SMILES string of the molecule is CCOc1ccc2nc(SCC(=O)N3CC4(C)CC3CC(C)(C)C4)[nH]c2c1. The van der Waals surface area contributed by atoms with E-state index < -0.39 is 0 Å². The summed E-state index contributed by atoms with van der Waals surface area (Å²) in [5.74, 6) is 1.51. The quantitative estimate of drug-likeness (QED) is 0.769. The van der Waals surface area contributed by atoms with Gasteiger partial charge < -0.3 is 14.6 Å². The van der Waals surface area contributed by atoms with E-state index in [4.69, 9.17) is 4.74 Å². The third kappa shape index (κ3) is 3.82. The first-order valence-corrected chi connectivity index (χ1v) is 10.8. The molecule has 1 aromatic heterocycles. The van der Waals surface area contributed by atoms with Gasteiger partial charge in [-0.2, -0.15) is 0 Å². The molecule has 2 aromatic rings. The van der Waals surface area contributed by atoms with Crippen molar-refractivity contribution < 1.29 is 9.53 Å². The molecular formula is C21H29N3O2S. The van der Waals surface area contributed by atoms with Gasteiger partial charge in [0, 0.05) is 18.7 Å². The van der Waals surface area contributed by atoms with Gasteiger partial charge in [0.25, 0.3) is 0 Å². The maximum Gasteiger partial charge on any atom is 0.233 e. The number of H-pyrrole nitrogens is 1. The van der Waals surface area contributed by atoms with E-state index in [2.05, 4.69) is 35.6 Å². The van der Waals surface area contributed by atoms with Crippen molar-refractivity contribution in [1.82, 2.24) is 14.9 Å². The first-order chi connectivity index (χ1) is 12.8. The van der Waals surface area contributed by atoms with Gasteiger partial charge in [-0.05, 0) is 49.1 Å². The fraction of sp³-hybridized carbons (Fsp3) is 0.619. The minimum Gasteiger partial charge on any atom is -0.494 e. The summed E-state index contributed by atoms with van der Waals surface area (Å²) in [5, 5.41) is 0.792. The number of amides is 1. The van der Waals surface area contributed by atoms with E-state index in [1.165, 1.54) is 18.2 Å². The number of likely N-dealkylation sites (tertiary alicyclic amines) is 1. The molecule has 6 heteroatoms. The summed E-state index contributed by atoms with van der Waals surface area (Å²) in [7, 11) is 0. The van der Waals surface area contributed by atoms with Crippen LogP contribution in [0.4, 0.5) is 0 Å². The number of carbonyl (C=O) groups excluding carboxylic acids is 1. The van der Waals surface area contributed by atoms with Crippen molar-refractivity contribution in [3.05, 3.63) is 18.2 Å². The number of hydrogen-bond donors (Lipinski definition) is 1. The van der Waals surface area contributed by atoms with Crippen molar-refractivity contribution in [2.24, 2.45) is 10.8 Å². The van der Waals surface area contributed by atoms with Crippen LogP contribution in [-0.2, 0) is 4.79 Å². The van der Waals surface area contributed by atoms with Gasteiger partial charge in [-0.15, -0.1) is 0 Å². The van der Waals surface area contributed by atoms with E-state index in [9.17, 15) is 4.79 Å². The summed E-state index contributed by atoms with van der Waals surface area (Å²) in [6, 6.07) is 6.25. The number of carbonyl (C=O) groups is 1. The normalized spacial score (nSPS) is 26.5. The first-order valence-electron chi connectivity index (χ1n) is 9.82.